The first-order chi connectivity index (χ1) is 37.1. The van der Waals surface area contributed by atoms with Gasteiger partial charge >= 0.3 is 11.9 Å². The zero-order valence-corrected chi connectivity index (χ0v) is 47.1. The smallest absolute Gasteiger partial charge is 0.314 e. The van der Waals surface area contributed by atoms with Gasteiger partial charge in [-0.15, -0.1) is 0 Å². The van der Waals surface area contributed by atoms with Gasteiger partial charge in [-0.1, -0.05) is 51.0 Å². The highest BCUT2D eigenvalue weighted by atomic mass is 16.8. The molecule has 5 saturated heterocycles. The molecule has 10 N–H and O–H groups in total. The van der Waals surface area contributed by atoms with Crippen LogP contribution in [0.15, 0.2) is 23.3 Å². The summed E-state index contributed by atoms with van der Waals surface area (Å²) in [4.78, 5) is 27.4. The van der Waals surface area contributed by atoms with E-state index in [4.69, 9.17) is 52.1 Å². The molecule has 0 aromatic rings. The number of fused-ring (bicyclic) bond motifs is 4. The van der Waals surface area contributed by atoms with Crippen molar-refractivity contribution in [3.63, 3.8) is 0 Å². The lowest BCUT2D eigenvalue weighted by Crippen LogP contribution is -2.67. The third-order valence-corrected chi connectivity index (χ3v) is 20.3. The molecule has 0 amide bonds. The number of carbonyl (C=O) groups is 2. The molecule has 1 spiro atoms. The monoisotopic (exact) mass is 1130 g/mol. The van der Waals surface area contributed by atoms with Crippen LogP contribution in [0, 0.1) is 39.4 Å². The SMILES string of the molecule is CO[C@@H]1[C@@H](O)[C@H](O[C@@H]2[C@@H](O)[C@H](O[C@H]3[C@H](O)[C@@H](O)[C@H](O[C@H]4[C@H](O[C@H]5CC[C@]6(C)[C@@H]7CC[C@]89C(=O)O[C@@](C)(CCC=C(C)C)[C@H]8[C@@H](OC(C)=O)C[C@@]9(C)C7=CC[C@H]6C5(C)C)OC[C@@H](O)[C@@H]4O)O[C@@H]3C)O[C@H](CO)[C@H]2O)O[C@H](CO)[C@H]1O. The van der Waals surface area contributed by atoms with Gasteiger partial charge in [0, 0.05) is 19.4 Å². The summed E-state index contributed by atoms with van der Waals surface area (Å²) in [5.41, 5.74) is -0.673. The highest BCUT2D eigenvalue weighted by Crippen LogP contribution is 2.77. The molecule has 9 rings (SSSR count). The number of ether oxygens (including phenoxy) is 11. The van der Waals surface area contributed by atoms with Crippen LogP contribution in [0.2, 0.25) is 0 Å². The molecule has 0 aromatic heterocycles. The van der Waals surface area contributed by atoms with E-state index < -0.39 is 164 Å². The van der Waals surface area contributed by atoms with E-state index in [1.54, 1.807) is 0 Å². The van der Waals surface area contributed by atoms with Gasteiger partial charge in [0.1, 0.15) is 97.2 Å². The minimum atomic E-state index is -1.91. The van der Waals surface area contributed by atoms with E-state index in [1.165, 1.54) is 32.1 Å². The summed E-state index contributed by atoms with van der Waals surface area (Å²) in [7, 11) is 1.21. The van der Waals surface area contributed by atoms with Crippen LogP contribution in [0.25, 0.3) is 0 Å². The van der Waals surface area contributed by atoms with Crippen LogP contribution in [0.5, 0.6) is 0 Å². The topological polar surface area (TPSA) is 338 Å². The molecule has 79 heavy (non-hydrogen) atoms. The predicted molar refractivity (Wildman–Crippen MR) is 271 cm³/mol. The van der Waals surface area contributed by atoms with Crippen molar-refractivity contribution >= 4 is 11.9 Å². The summed E-state index contributed by atoms with van der Waals surface area (Å²) in [6, 6.07) is 0. The number of aliphatic hydroxyl groups excluding tert-OH is 10. The molecule has 23 heteroatoms. The fraction of sp³-hybridized carbons (Fsp3) is 0.893. The molecule has 3 saturated carbocycles. The number of methoxy groups -OCH3 is 1. The van der Waals surface area contributed by atoms with Gasteiger partial charge in [-0.2, -0.15) is 0 Å². The zero-order valence-electron chi connectivity index (χ0n) is 47.1. The van der Waals surface area contributed by atoms with Crippen molar-refractivity contribution < 1.29 is 113 Å². The Morgan fingerprint density at radius 3 is 1.95 bits per heavy atom. The maximum Gasteiger partial charge on any atom is 0.314 e. The van der Waals surface area contributed by atoms with Gasteiger partial charge < -0.3 is 103 Å². The maximum absolute atomic E-state index is 14.6. The van der Waals surface area contributed by atoms with Crippen LogP contribution >= 0.6 is 0 Å². The fourth-order valence-electron chi connectivity index (χ4n) is 16.3. The van der Waals surface area contributed by atoms with Gasteiger partial charge in [0.15, 0.2) is 25.2 Å². The average Bonchev–Trinajstić information content (AvgIpc) is 3.61. The second-order valence-corrected chi connectivity index (χ2v) is 25.6. The number of carbonyl (C=O) groups excluding carboxylic acids is 2. The van der Waals surface area contributed by atoms with E-state index in [2.05, 4.69) is 39.8 Å². The number of hydrogen-bond acceptors (Lipinski definition) is 23. The molecule has 9 aliphatic rings. The summed E-state index contributed by atoms with van der Waals surface area (Å²) in [5.74, 6) is -0.734. The fourth-order valence-corrected chi connectivity index (χ4v) is 16.3. The molecule has 0 radical (unpaired) electrons. The number of allylic oxidation sites excluding steroid dienone is 4. The van der Waals surface area contributed by atoms with Crippen LogP contribution in [-0.2, 0) is 61.7 Å². The van der Waals surface area contributed by atoms with Crippen molar-refractivity contribution in [2.24, 2.45) is 39.4 Å². The van der Waals surface area contributed by atoms with Crippen LogP contribution in [0.1, 0.15) is 114 Å². The van der Waals surface area contributed by atoms with Gasteiger partial charge in [-0.05, 0) is 102 Å². The molecule has 8 fully saturated rings. The van der Waals surface area contributed by atoms with Crippen LogP contribution in [0.4, 0.5) is 0 Å². The zero-order chi connectivity index (χ0) is 57.6. The second-order valence-electron chi connectivity index (χ2n) is 25.6. The molecule has 5 aliphatic heterocycles. The normalized spacial score (nSPS) is 51.2. The lowest BCUT2D eigenvalue weighted by Gasteiger charge is -2.63. The molecular formula is C56H88O23. The third kappa shape index (κ3) is 10.3. The van der Waals surface area contributed by atoms with E-state index in [-0.39, 0.29) is 41.7 Å². The Morgan fingerprint density at radius 1 is 0.722 bits per heavy atom. The Kier molecular flexibility index (Phi) is 17.8. The summed E-state index contributed by atoms with van der Waals surface area (Å²) < 4.78 is 66.2. The van der Waals surface area contributed by atoms with E-state index in [1.807, 2.05) is 20.8 Å². The van der Waals surface area contributed by atoms with Crippen molar-refractivity contribution in [1.82, 2.24) is 0 Å². The molecular weight excluding hydrogens is 1040 g/mol. The van der Waals surface area contributed by atoms with Gasteiger partial charge in [0.2, 0.25) is 0 Å². The van der Waals surface area contributed by atoms with E-state index in [0.29, 0.717) is 32.1 Å². The minimum absolute atomic E-state index is 0.0682. The highest BCUT2D eigenvalue weighted by Gasteiger charge is 2.79. The lowest BCUT2D eigenvalue weighted by molar-refractivity contribution is -0.389. The summed E-state index contributed by atoms with van der Waals surface area (Å²) in [6.45, 7) is 16.0. The van der Waals surface area contributed by atoms with E-state index in [0.717, 1.165) is 19.3 Å². The van der Waals surface area contributed by atoms with E-state index >= 15 is 0 Å². The molecule has 28 atom stereocenters. The van der Waals surface area contributed by atoms with Crippen LogP contribution < -0.4 is 0 Å². The van der Waals surface area contributed by atoms with E-state index in [9.17, 15) is 60.7 Å². The number of cyclic esters (lactones) is 1. The summed E-state index contributed by atoms with van der Waals surface area (Å²) in [6.07, 6.45) is -21.1. The Balaban J connectivity index is 0.886. The Bertz CT molecular complexity index is 2240. The highest BCUT2D eigenvalue weighted by molar-refractivity contribution is 5.84. The van der Waals surface area contributed by atoms with Gasteiger partial charge in [0.05, 0.1) is 43.4 Å². The van der Waals surface area contributed by atoms with Crippen molar-refractivity contribution in [1.29, 1.82) is 0 Å². The first-order valence-electron chi connectivity index (χ1n) is 28.3. The number of hydrogen-bond donors (Lipinski definition) is 10. The van der Waals surface area contributed by atoms with Crippen molar-refractivity contribution in [2.75, 3.05) is 26.9 Å². The lowest BCUT2D eigenvalue weighted by atomic mass is 9.41. The van der Waals surface area contributed by atoms with Gasteiger partial charge in [0.25, 0.3) is 0 Å². The van der Waals surface area contributed by atoms with Crippen LogP contribution in [0.3, 0.4) is 0 Å². The Hall–Kier alpha value is -2.34. The molecule has 5 heterocycles. The molecule has 450 valence electrons. The van der Waals surface area contributed by atoms with Crippen molar-refractivity contribution in [3.05, 3.63) is 23.3 Å². The average molecular weight is 1130 g/mol. The molecule has 4 aliphatic carbocycles. The Labute approximate surface area is 461 Å². The molecule has 0 bridgehead atoms. The molecule has 23 nitrogen and oxygen atoms in total. The quantitative estimate of drug-likeness (QED) is 0.0771. The first-order valence-corrected chi connectivity index (χ1v) is 28.3. The van der Waals surface area contributed by atoms with Gasteiger partial charge in [-0.3, -0.25) is 9.59 Å². The number of aliphatic hydroxyl groups is 10. The van der Waals surface area contributed by atoms with Crippen molar-refractivity contribution in [2.45, 2.75) is 248 Å². The number of rotatable bonds is 15. The molecule has 0 unspecified atom stereocenters. The Morgan fingerprint density at radius 2 is 1.33 bits per heavy atom. The second kappa shape index (κ2) is 22.9. The summed E-state index contributed by atoms with van der Waals surface area (Å²) >= 11 is 0. The molecule has 0 aromatic carbocycles. The number of esters is 2. The standard InChI is InChI=1S/C56H88O23/c1-24(2)12-11-17-55(9)46-30(72-26(4)59)20-54(8)28-13-14-33-52(5,6)34(16-18-53(33,7)27(28)15-19-56(46,54)51(68)79-55)75-50-45(35(61)29(60)23-70-50)78-47-39(65)38(64)42(25(3)71-47)76-49-41(67)44(37(63)32(22-58)74-49)77-48-40(66)43(69-10)36(62)31(21-57)73-48/h12-13,25,27,29-50,57-58,60-67H,11,14-23H2,1-10H3/t25-,27-,29-,30+,31-,32-,33+,34+,35+,36-,37-,38-,39-,40-,41-,42-,43+,44+,45-,46-,47+,48+,49+,50+,53-,54+,55+,56-/m1/s1. The minimum Gasteiger partial charge on any atom is -0.462 e. The summed E-state index contributed by atoms with van der Waals surface area (Å²) in [5, 5.41) is 110. The largest absolute Gasteiger partial charge is 0.462 e. The van der Waals surface area contributed by atoms with Crippen LogP contribution in [-0.4, -0.2) is 224 Å². The first kappa shape index (κ1) is 61.2. The van der Waals surface area contributed by atoms with Crippen molar-refractivity contribution in [3.8, 4) is 0 Å². The third-order valence-electron chi connectivity index (χ3n) is 20.3. The maximum atomic E-state index is 14.6. The van der Waals surface area contributed by atoms with Gasteiger partial charge in [-0.25, -0.2) is 0 Å². The predicted octanol–water partition coefficient (Wildman–Crippen LogP) is 0.154.